The quantitative estimate of drug-likeness (QED) is 0.214. The van der Waals surface area contributed by atoms with Crippen molar-refractivity contribution in [1.82, 2.24) is 25.1 Å². The smallest absolute Gasteiger partial charge is 0.159 e. The number of para-hydroxylation sites is 1. The van der Waals surface area contributed by atoms with Crippen LogP contribution in [0.4, 0.5) is 5.69 Å². The van der Waals surface area contributed by atoms with Crippen molar-refractivity contribution in [1.29, 1.82) is 0 Å². The molecule has 0 unspecified atom stereocenters. The van der Waals surface area contributed by atoms with Crippen LogP contribution >= 0.6 is 11.3 Å². The molecule has 4 heterocycles. The first kappa shape index (κ1) is 25.4. The van der Waals surface area contributed by atoms with Crippen molar-refractivity contribution in [2.75, 3.05) is 5.32 Å². The molecule has 0 amide bonds. The van der Waals surface area contributed by atoms with Gasteiger partial charge in [0.1, 0.15) is 5.69 Å². The minimum absolute atomic E-state index is 0.529. The highest BCUT2D eigenvalue weighted by Gasteiger charge is 2.15. The van der Waals surface area contributed by atoms with E-state index >= 15 is 0 Å². The van der Waals surface area contributed by atoms with E-state index in [1.54, 1.807) is 17.5 Å². The maximum absolute atomic E-state index is 5.00. The average Bonchev–Trinajstić information content (AvgIpc) is 3.61. The Morgan fingerprint density at radius 3 is 2.74 bits per heavy atom. The fourth-order valence-corrected chi connectivity index (χ4v) is 5.42. The van der Waals surface area contributed by atoms with E-state index < -0.39 is 0 Å². The topological polar surface area (TPSA) is 82.3 Å². The van der Waals surface area contributed by atoms with Crippen LogP contribution in [-0.2, 0) is 0 Å². The minimum atomic E-state index is 0.529. The Bertz CT molecular complexity index is 1770. The van der Waals surface area contributed by atoms with Crippen molar-refractivity contribution in [2.45, 2.75) is 34.1 Å². The molecule has 0 saturated heterocycles. The van der Waals surface area contributed by atoms with E-state index in [0.29, 0.717) is 11.7 Å². The third-order valence-corrected chi connectivity index (χ3v) is 7.30. The zero-order valence-electron chi connectivity index (χ0n) is 22.2. The Labute approximate surface area is 226 Å². The highest BCUT2D eigenvalue weighted by atomic mass is 32.1. The van der Waals surface area contributed by atoms with Gasteiger partial charge in [-0.3, -0.25) is 10.1 Å². The molecular weight excluding hydrogens is 488 g/mol. The van der Waals surface area contributed by atoms with Gasteiger partial charge in [0.2, 0.25) is 0 Å². The van der Waals surface area contributed by atoms with Crippen LogP contribution < -0.4 is 15.9 Å². The summed E-state index contributed by atoms with van der Waals surface area (Å²) in [4.78, 5) is 15.4. The number of nitrogens with one attached hydrogen (secondary N) is 3. The van der Waals surface area contributed by atoms with Gasteiger partial charge in [-0.25, -0.2) is 4.98 Å². The van der Waals surface area contributed by atoms with Crippen molar-refractivity contribution >= 4 is 45.8 Å². The second-order valence-electron chi connectivity index (χ2n) is 9.84. The molecule has 38 heavy (non-hydrogen) atoms. The largest absolute Gasteiger partial charge is 0.358 e. The lowest BCUT2D eigenvalue weighted by molar-refractivity contribution is 0.645. The highest BCUT2D eigenvalue weighted by molar-refractivity contribution is 7.15. The molecule has 0 fully saturated rings. The zero-order chi connectivity index (χ0) is 26.8. The van der Waals surface area contributed by atoms with Gasteiger partial charge in [0, 0.05) is 38.0 Å². The molecule has 0 saturated carbocycles. The third-order valence-electron chi connectivity index (χ3n) is 6.27. The van der Waals surface area contributed by atoms with E-state index in [9.17, 15) is 0 Å². The van der Waals surface area contributed by atoms with E-state index in [-0.39, 0.29) is 0 Å². The van der Waals surface area contributed by atoms with Gasteiger partial charge in [-0.15, -0.1) is 11.3 Å². The fourth-order valence-electron chi connectivity index (χ4n) is 4.52. The van der Waals surface area contributed by atoms with Crippen LogP contribution in [-0.4, -0.2) is 25.1 Å². The first-order valence-electron chi connectivity index (χ1n) is 12.7. The van der Waals surface area contributed by atoms with Crippen molar-refractivity contribution in [3.05, 3.63) is 88.7 Å². The molecule has 5 rings (SSSR count). The van der Waals surface area contributed by atoms with Gasteiger partial charge in [0.05, 0.1) is 28.3 Å². The number of rotatable bonds is 8. The zero-order valence-corrected chi connectivity index (χ0v) is 23.0. The summed E-state index contributed by atoms with van der Waals surface area (Å²) >= 11 is 1.77. The lowest BCUT2D eigenvalue weighted by Crippen LogP contribution is -2.23. The number of hydrogen-bond acceptors (Lipinski definition) is 5. The van der Waals surface area contributed by atoms with Crippen molar-refractivity contribution in [3.63, 3.8) is 0 Å². The SMILES string of the molecule is C=C(CC(C)C)Nc1cncc(C(=C)/C=c2/c(-c3nc4c(-c5ccc(C)s5)cccc4[nH]3)n[nH]/c2=C/C)c1. The molecular formula is C31H32N6S. The number of fused-ring (bicyclic) bond motifs is 1. The summed E-state index contributed by atoms with van der Waals surface area (Å²) in [5.41, 5.74) is 7.38. The average molecular weight is 521 g/mol. The minimum Gasteiger partial charge on any atom is -0.358 e. The number of aromatic nitrogens is 5. The molecule has 6 nitrogen and oxygen atoms in total. The number of benzene rings is 1. The Morgan fingerprint density at radius 2 is 2.00 bits per heavy atom. The first-order chi connectivity index (χ1) is 18.3. The van der Waals surface area contributed by atoms with Gasteiger partial charge in [0.25, 0.3) is 0 Å². The molecule has 0 spiro atoms. The van der Waals surface area contributed by atoms with E-state index in [1.165, 1.54) is 9.75 Å². The summed E-state index contributed by atoms with van der Waals surface area (Å²) in [5, 5.41) is 13.0. The maximum Gasteiger partial charge on any atom is 0.159 e. The molecule has 0 bridgehead atoms. The predicted molar refractivity (Wildman–Crippen MR) is 161 cm³/mol. The normalized spacial score (nSPS) is 12.6. The summed E-state index contributed by atoms with van der Waals surface area (Å²) in [6.07, 6.45) is 8.56. The molecule has 5 aromatic rings. The van der Waals surface area contributed by atoms with Gasteiger partial charge in [-0.05, 0) is 62.1 Å². The molecule has 0 aliphatic heterocycles. The third kappa shape index (κ3) is 5.24. The molecule has 0 aliphatic rings. The summed E-state index contributed by atoms with van der Waals surface area (Å²) in [5.74, 6) is 1.24. The number of aryl methyl sites for hydroxylation is 1. The molecule has 7 heteroatoms. The van der Waals surface area contributed by atoms with E-state index in [1.807, 2.05) is 31.3 Å². The number of nitrogens with zero attached hydrogens (tertiary/aromatic N) is 3. The molecule has 0 aliphatic carbocycles. The highest BCUT2D eigenvalue weighted by Crippen LogP contribution is 2.33. The van der Waals surface area contributed by atoms with Crippen LogP contribution in [0, 0.1) is 12.8 Å². The Balaban J connectivity index is 1.53. The van der Waals surface area contributed by atoms with Gasteiger partial charge < -0.3 is 10.3 Å². The lowest BCUT2D eigenvalue weighted by Gasteiger charge is -2.12. The number of aromatic amines is 2. The standard InChI is InChI=1S/C31H32N6S/c1-7-26-25(14-19(4)22-15-23(17-32-16-22)33-20(5)13-18(2)3)30(37-36-26)31-34-27-10-8-9-24(29(27)35-31)28-12-11-21(6)38-28/h7-12,14-18,33,36H,4-5,13H2,1-3,6H3,(H,34,35)/b25-14+,26-7+. The Morgan fingerprint density at radius 1 is 1.16 bits per heavy atom. The summed E-state index contributed by atoms with van der Waals surface area (Å²) in [6, 6.07) is 12.6. The van der Waals surface area contributed by atoms with Gasteiger partial charge >= 0.3 is 0 Å². The second kappa shape index (κ2) is 10.6. The van der Waals surface area contributed by atoms with Crippen molar-refractivity contribution in [2.24, 2.45) is 5.92 Å². The summed E-state index contributed by atoms with van der Waals surface area (Å²) in [6.45, 7) is 16.9. The van der Waals surface area contributed by atoms with Crippen LogP contribution in [0.1, 0.15) is 37.6 Å². The molecule has 4 aromatic heterocycles. The Hall–Kier alpha value is -4.23. The Kier molecular flexibility index (Phi) is 7.11. The van der Waals surface area contributed by atoms with Crippen LogP contribution in [0.5, 0.6) is 0 Å². The van der Waals surface area contributed by atoms with Gasteiger partial charge in [-0.1, -0.05) is 45.2 Å². The number of anilines is 1. The maximum atomic E-state index is 5.00. The molecule has 0 radical (unpaired) electrons. The molecule has 1 aromatic carbocycles. The summed E-state index contributed by atoms with van der Waals surface area (Å²) < 4.78 is 0. The molecule has 0 atom stereocenters. The summed E-state index contributed by atoms with van der Waals surface area (Å²) in [7, 11) is 0. The van der Waals surface area contributed by atoms with Crippen LogP contribution in [0.3, 0.4) is 0 Å². The second-order valence-corrected chi connectivity index (χ2v) is 11.1. The van der Waals surface area contributed by atoms with Crippen molar-refractivity contribution in [3.8, 4) is 22.0 Å². The monoisotopic (exact) mass is 520 g/mol. The number of H-pyrrole nitrogens is 2. The van der Waals surface area contributed by atoms with E-state index in [2.05, 4.69) is 89.7 Å². The molecule has 3 N–H and O–H groups in total. The van der Waals surface area contributed by atoms with Gasteiger partial charge in [0.15, 0.2) is 5.82 Å². The molecule has 192 valence electrons. The number of pyridine rings is 1. The van der Waals surface area contributed by atoms with Gasteiger partial charge in [-0.2, -0.15) is 5.10 Å². The number of hydrogen-bond donors (Lipinski definition) is 3. The first-order valence-corrected chi connectivity index (χ1v) is 13.5. The van der Waals surface area contributed by atoms with Crippen LogP contribution in [0.2, 0.25) is 0 Å². The van der Waals surface area contributed by atoms with E-state index in [4.69, 9.17) is 4.98 Å². The number of imidazole rings is 1. The number of allylic oxidation sites excluding steroid dienone is 2. The predicted octanol–water partition coefficient (Wildman–Crippen LogP) is 6.65. The van der Waals surface area contributed by atoms with Crippen molar-refractivity contribution < 1.29 is 0 Å². The lowest BCUT2D eigenvalue weighted by atomic mass is 10.1. The fraction of sp³-hybridized carbons (Fsp3) is 0.194. The van der Waals surface area contributed by atoms with E-state index in [0.717, 1.165) is 61.8 Å². The van der Waals surface area contributed by atoms with Crippen LogP contribution in [0.15, 0.2) is 67.6 Å². The number of thiophene rings is 1. The van der Waals surface area contributed by atoms with Crippen LogP contribution in [0.25, 0.3) is 50.7 Å².